The maximum atomic E-state index is 11.9. The van der Waals surface area contributed by atoms with E-state index in [1.807, 2.05) is 0 Å². The third kappa shape index (κ3) is 3.39. The van der Waals surface area contributed by atoms with Crippen LogP contribution in [0.25, 0.3) is 0 Å². The number of likely N-dealkylation sites (tertiary alicyclic amines) is 1. The molecule has 118 valence electrons. The number of carbonyl (C=O) groups excluding carboxylic acids is 3. The second-order valence-electron chi connectivity index (χ2n) is 5.01. The zero-order chi connectivity index (χ0) is 16.3. The number of nitrogens with zero attached hydrogens (tertiary/aromatic N) is 2. The topological polar surface area (TPSA) is 66.9 Å². The van der Waals surface area contributed by atoms with Crippen LogP contribution in [0.1, 0.15) is 19.8 Å². The minimum absolute atomic E-state index is 0.00359. The minimum atomic E-state index is -0.672. The Bertz CT molecular complexity index is 588. The van der Waals surface area contributed by atoms with Crippen LogP contribution in [0.4, 0.5) is 5.69 Å². The Labute approximate surface area is 133 Å². The van der Waals surface area contributed by atoms with Crippen LogP contribution in [0.5, 0.6) is 5.75 Å². The minimum Gasteiger partial charge on any atom is -0.497 e. The van der Waals surface area contributed by atoms with E-state index in [0.717, 1.165) is 0 Å². The van der Waals surface area contributed by atoms with Gasteiger partial charge in [-0.15, -0.1) is 0 Å². The van der Waals surface area contributed by atoms with E-state index in [0.29, 0.717) is 17.9 Å². The second-order valence-corrected chi connectivity index (χ2v) is 5.38. The van der Waals surface area contributed by atoms with Gasteiger partial charge in [-0.1, -0.05) is 0 Å². The molecule has 22 heavy (non-hydrogen) atoms. The van der Waals surface area contributed by atoms with Gasteiger partial charge >= 0.3 is 0 Å². The van der Waals surface area contributed by atoms with Gasteiger partial charge in [-0.05, 0) is 42.3 Å². The van der Waals surface area contributed by atoms with E-state index in [1.54, 1.807) is 31.4 Å². The van der Waals surface area contributed by atoms with Gasteiger partial charge in [-0.3, -0.25) is 19.3 Å². The van der Waals surface area contributed by atoms with E-state index in [-0.39, 0.29) is 24.9 Å². The fourth-order valence-electron chi connectivity index (χ4n) is 2.42. The lowest BCUT2D eigenvalue weighted by Crippen LogP contribution is -2.46. The molecule has 0 saturated carbocycles. The Kier molecular flexibility index (Phi) is 5.03. The normalized spacial score (nSPS) is 17.5. The van der Waals surface area contributed by atoms with Crippen LogP contribution in [-0.2, 0) is 14.4 Å². The molecule has 0 radical (unpaired) electrons. The molecule has 1 aromatic rings. The van der Waals surface area contributed by atoms with E-state index in [4.69, 9.17) is 16.3 Å². The molecule has 1 fully saturated rings. The van der Waals surface area contributed by atoms with Crippen molar-refractivity contribution in [3.63, 3.8) is 0 Å². The highest BCUT2D eigenvalue weighted by Crippen LogP contribution is 2.24. The van der Waals surface area contributed by atoms with Crippen molar-refractivity contribution < 1.29 is 19.1 Å². The van der Waals surface area contributed by atoms with Crippen molar-refractivity contribution in [1.82, 2.24) is 4.90 Å². The van der Waals surface area contributed by atoms with Crippen molar-refractivity contribution in [3.8, 4) is 5.75 Å². The molecule has 0 spiro atoms. The SMILES string of the molecule is COc1ccc(N(CN2C(=O)CCC2C(=O)Cl)C(C)=O)cc1. The smallest absolute Gasteiger partial charge is 0.244 e. The third-order valence-electron chi connectivity index (χ3n) is 3.65. The van der Waals surface area contributed by atoms with Crippen LogP contribution in [0.15, 0.2) is 24.3 Å². The van der Waals surface area contributed by atoms with Gasteiger partial charge in [0.25, 0.3) is 0 Å². The first-order valence-electron chi connectivity index (χ1n) is 6.85. The Morgan fingerprint density at radius 1 is 1.36 bits per heavy atom. The third-order valence-corrected chi connectivity index (χ3v) is 3.90. The highest BCUT2D eigenvalue weighted by Gasteiger charge is 2.36. The number of carbonyl (C=O) groups is 3. The van der Waals surface area contributed by atoms with Gasteiger partial charge in [-0.25, -0.2) is 0 Å². The Morgan fingerprint density at radius 3 is 2.50 bits per heavy atom. The number of hydrogen-bond donors (Lipinski definition) is 0. The molecule has 0 bridgehead atoms. The zero-order valence-electron chi connectivity index (χ0n) is 12.4. The predicted molar refractivity (Wildman–Crippen MR) is 81.7 cm³/mol. The summed E-state index contributed by atoms with van der Waals surface area (Å²) in [7, 11) is 1.55. The van der Waals surface area contributed by atoms with Crippen molar-refractivity contribution in [2.75, 3.05) is 18.7 Å². The van der Waals surface area contributed by atoms with Crippen LogP contribution in [0.2, 0.25) is 0 Å². The van der Waals surface area contributed by atoms with Crippen molar-refractivity contribution in [2.45, 2.75) is 25.8 Å². The van der Waals surface area contributed by atoms with Crippen LogP contribution >= 0.6 is 11.6 Å². The van der Waals surface area contributed by atoms with Gasteiger partial charge in [0.2, 0.25) is 17.1 Å². The fraction of sp³-hybridized carbons (Fsp3) is 0.400. The molecule has 6 nitrogen and oxygen atoms in total. The maximum Gasteiger partial charge on any atom is 0.244 e. The maximum absolute atomic E-state index is 11.9. The zero-order valence-corrected chi connectivity index (χ0v) is 13.2. The molecule has 1 atom stereocenters. The van der Waals surface area contributed by atoms with Gasteiger partial charge in [-0.2, -0.15) is 0 Å². The fourth-order valence-corrected chi connectivity index (χ4v) is 2.65. The predicted octanol–water partition coefficient (Wildman–Crippen LogP) is 1.76. The first kappa shape index (κ1) is 16.3. The quantitative estimate of drug-likeness (QED) is 0.774. The highest BCUT2D eigenvalue weighted by atomic mass is 35.5. The van der Waals surface area contributed by atoms with Gasteiger partial charge < -0.3 is 9.64 Å². The van der Waals surface area contributed by atoms with Crippen LogP contribution in [0.3, 0.4) is 0 Å². The molecule has 1 heterocycles. The summed E-state index contributed by atoms with van der Waals surface area (Å²) in [5, 5.41) is -0.580. The van der Waals surface area contributed by atoms with Crippen molar-refractivity contribution >= 4 is 34.3 Å². The number of amides is 2. The van der Waals surface area contributed by atoms with E-state index >= 15 is 0 Å². The monoisotopic (exact) mass is 324 g/mol. The molecule has 2 rings (SSSR count). The summed E-state index contributed by atoms with van der Waals surface area (Å²) in [4.78, 5) is 38.0. The largest absolute Gasteiger partial charge is 0.497 e. The number of rotatable bonds is 5. The molecular formula is C15H17ClN2O4. The molecule has 1 aliphatic heterocycles. The lowest BCUT2D eigenvalue weighted by atomic mass is 10.2. The van der Waals surface area contributed by atoms with E-state index in [1.165, 1.54) is 16.7 Å². The second kappa shape index (κ2) is 6.79. The van der Waals surface area contributed by atoms with E-state index in [2.05, 4.69) is 0 Å². The van der Waals surface area contributed by atoms with Gasteiger partial charge in [0.1, 0.15) is 18.5 Å². The first-order chi connectivity index (χ1) is 10.4. The highest BCUT2D eigenvalue weighted by molar-refractivity contribution is 6.65. The summed E-state index contributed by atoms with van der Waals surface area (Å²) in [6.07, 6.45) is 0.646. The number of methoxy groups -OCH3 is 1. The first-order valence-corrected chi connectivity index (χ1v) is 7.23. The number of ether oxygens (including phenoxy) is 1. The summed E-state index contributed by atoms with van der Waals surface area (Å²) in [5.41, 5.74) is 0.619. The Morgan fingerprint density at radius 2 is 2.00 bits per heavy atom. The summed E-state index contributed by atoms with van der Waals surface area (Å²) in [6, 6.07) is 6.22. The van der Waals surface area contributed by atoms with E-state index < -0.39 is 11.3 Å². The molecule has 2 amide bonds. The van der Waals surface area contributed by atoms with Gasteiger partial charge in [0.05, 0.1) is 7.11 Å². The average molecular weight is 325 g/mol. The van der Waals surface area contributed by atoms with Crippen molar-refractivity contribution in [1.29, 1.82) is 0 Å². The molecule has 1 saturated heterocycles. The van der Waals surface area contributed by atoms with Gasteiger partial charge in [0, 0.05) is 19.0 Å². The molecule has 1 unspecified atom stereocenters. The lowest BCUT2D eigenvalue weighted by Gasteiger charge is -2.30. The summed E-state index contributed by atoms with van der Waals surface area (Å²) < 4.78 is 5.08. The van der Waals surface area contributed by atoms with Crippen LogP contribution < -0.4 is 9.64 Å². The number of anilines is 1. The van der Waals surface area contributed by atoms with E-state index in [9.17, 15) is 14.4 Å². The Balaban J connectivity index is 2.22. The summed E-state index contributed by atoms with van der Waals surface area (Å²) in [5.74, 6) is 0.253. The lowest BCUT2D eigenvalue weighted by molar-refractivity contribution is -0.132. The molecule has 0 aromatic heterocycles. The molecule has 0 N–H and O–H groups in total. The molecule has 1 aromatic carbocycles. The number of hydrogen-bond acceptors (Lipinski definition) is 4. The number of benzene rings is 1. The van der Waals surface area contributed by atoms with Crippen molar-refractivity contribution in [3.05, 3.63) is 24.3 Å². The Hall–Kier alpha value is -2.08. The average Bonchev–Trinajstić information content (AvgIpc) is 2.86. The molecule has 7 heteroatoms. The summed E-state index contributed by atoms with van der Waals surface area (Å²) in [6.45, 7) is 1.41. The molecule has 1 aliphatic rings. The van der Waals surface area contributed by atoms with Gasteiger partial charge in [0.15, 0.2) is 0 Å². The molecule has 0 aliphatic carbocycles. The number of halogens is 1. The van der Waals surface area contributed by atoms with Crippen LogP contribution in [0, 0.1) is 0 Å². The van der Waals surface area contributed by atoms with Crippen molar-refractivity contribution in [2.24, 2.45) is 0 Å². The standard InChI is InChI=1S/C15H17ClN2O4/c1-10(19)17(11-3-5-12(22-2)6-4-11)9-18-13(15(16)21)7-8-14(18)20/h3-6,13H,7-9H2,1-2H3. The molecular weight excluding hydrogens is 308 g/mol. The summed E-state index contributed by atoms with van der Waals surface area (Å²) >= 11 is 5.54. The van der Waals surface area contributed by atoms with Crippen LogP contribution in [-0.4, -0.2) is 41.8 Å².